The van der Waals surface area contributed by atoms with Crippen molar-refractivity contribution < 1.29 is 19.4 Å². The Morgan fingerprint density at radius 1 is 1.45 bits per heavy atom. The molecule has 1 aliphatic heterocycles. The van der Waals surface area contributed by atoms with Crippen LogP contribution in [0.4, 0.5) is 5.69 Å². The molecule has 0 aromatic carbocycles. The number of carbonyl (C=O) groups excluding carboxylic acids is 1. The Bertz CT molecular complexity index is 994. The first-order valence-electron chi connectivity index (χ1n) is 9.78. The van der Waals surface area contributed by atoms with Crippen molar-refractivity contribution in [1.29, 1.82) is 0 Å². The maximum Gasteiger partial charge on any atom is 0.229 e. The van der Waals surface area contributed by atoms with Crippen molar-refractivity contribution in [3.05, 3.63) is 17.5 Å². The number of halogens is 1. The van der Waals surface area contributed by atoms with Crippen LogP contribution in [0.2, 0.25) is 5.15 Å². The maximum absolute atomic E-state index is 12.8. The molecule has 3 aliphatic rings. The van der Waals surface area contributed by atoms with Gasteiger partial charge in [-0.05, 0) is 20.3 Å². The van der Waals surface area contributed by atoms with E-state index in [9.17, 15) is 4.79 Å². The summed E-state index contributed by atoms with van der Waals surface area (Å²) in [7, 11) is 1.66. The third-order valence-electron chi connectivity index (χ3n) is 6.34. The van der Waals surface area contributed by atoms with E-state index in [1.54, 1.807) is 19.4 Å². The van der Waals surface area contributed by atoms with E-state index < -0.39 is 11.2 Å². The molecule has 5 atom stereocenters. The fourth-order valence-electron chi connectivity index (χ4n) is 5.22. The largest absolute Gasteiger partial charge is 0.395 e. The zero-order valence-electron chi connectivity index (χ0n) is 16.5. The van der Waals surface area contributed by atoms with Gasteiger partial charge < -0.3 is 29.8 Å². The molecule has 0 radical (unpaired) electrons. The van der Waals surface area contributed by atoms with Crippen LogP contribution in [-0.4, -0.2) is 63.7 Å². The number of aromatic nitrogens is 3. The molecule has 5 rings (SSSR count). The summed E-state index contributed by atoms with van der Waals surface area (Å²) < 4.78 is 14.4. The minimum atomic E-state index is -0.766. The Balaban J connectivity index is 1.60. The molecule has 2 aliphatic carbocycles. The fourth-order valence-corrected chi connectivity index (χ4v) is 5.41. The number of carbonyl (C=O) groups is 1. The van der Waals surface area contributed by atoms with E-state index in [4.69, 9.17) is 26.2 Å². The molecular weight excluding hydrogens is 398 g/mol. The van der Waals surface area contributed by atoms with Gasteiger partial charge in [0.15, 0.2) is 11.4 Å². The van der Waals surface area contributed by atoms with Gasteiger partial charge >= 0.3 is 0 Å². The highest BCUT2D eigenvalue weighted by molar-refractivity contribution is 6.30. The summed E-state index contributed by atoms with van der Waals surface area (Å²) in [6, 6.07) is 1.55. The second kappa shape index (κ2) is 6.28. The van der Waals surface area contributed by atoms with Gasteiger partial charge in [-0.15, -0.1) is 0 Å². The van der Waals surface area contributed by atoms with Gasteiger partial charge in [-0.2, -0.15) is 0 Å². The second-order valence-electron chi connectivity index (χ2n) is 8.41. The highest BCUT2D eigenvalue weighted by atomic mass is 35.5. The highest BCUT2D eigenvalue weighted by Gasteiger charge is 2.79. The van der Waals surface area contributed by atoms with Gasteiger partial charge in [-0.1, -0.05) is 11.6 Å². The van der Waals surface area contributed by atoms with E-state index in [0.717, 1.165) is 6.42 Å². The molecular formula is C19H24ClN5O4. The Morgan fingerprint density at radius 3 is 2.97 bits per heavy atom. The third-order valence-corrected chi connectivity index (χ3v) is 6.54. The molecule has 3 heterocycles. The fraction of sp³-hybridized carbons (Fsp3) is 0.632. The number of pyridine rings is 1. The summed E-state index contributed by atoms with van der Waals surface area (Å²) in [5, 5.41) is 15.4. The molecule has 2 aromatic rings. The molecule has 10 heteroatoms. The number of aliphatic hydroxyl groups is 1. The Kier molecular flexibility index (Phi) is 4.12. The molecule has 3 fully saturated rings. The summed E-state index contributed by atoms with van der Waals surface area (Å²) in [5.74, 6) is -0.708. The van der Waals surface area contributed by atoms with Gasteiger partial charge in [0.2, 0.25) is 5.91 Å². The Labute approximate surface area is 172 Å². The summed E-state index contributed by atoms with van der Waals surface area (Å²) in [4.78, 5) is 21.9. The molecule has 0 bridgehead atoms. The van der Waals surface area contributed by atoms with Crippen LogP contribution < -0.4 is 10.6 Å². The van der Waals surface area contributed by atoms with E-state index in [-0.39, 0.29) is 36.7 Å². The number of rotatable bonds is 5. The molecule has 2 saturated carbocycles. The minimum absolute atomic E-state index is 0.00842. The number of hydrogen-bond donors (Lipinski definition) is 3. The molecule has 1 amide bonds. The molecule has 9 nitrogen and oxygen atoms in total. The lowest BCUT2D eigenvalue weighted by Gasteiger charge is -2.24. The van der Waals surface area contributed by atoms with Gasteiger partial charge in [0.25, 0.3) is 0 Å². The predicted molar refractivity (Wildman–Crippen MR) is 106 cm³/mol. The summed E-state index contributed by atoms with van der Waals surface area (Å²) in [6.07, 6.45) is 1.85. The second-order valence-corrected chi connectivity index (χ2v) is 8.80. The topological polar surface area (TPSA) is 111 Å². The van der Waals surface area contributed by atoms with Crippen LogP contribution >= 0.6 is 11.6 Å². The Morgan fingerprint density at radius 2 is 2.24 bits per heavy atom. The van der Waals surface area contributed by atoms with E-state index in [1.165, 1.54) is 0 Å². The van der Waals surface area contributed by atoms with Crippen LogP contribution in [0.5, 0.6) is 0 Å². The highest BCUT2D eigenvalue weighted by Crippen LogP contribution is 2.71. The normalized spacial score (nSPS) is 34.1. The van der Waals surface area contributed by atoms with E-state index in [0.29, 0.717) is 28.5 Å². The standard InChI is InChI=1S/C19H24ClN5O4/c1-18(2)28-14-13(9-7-19(9,15(14)29-18)17(27)21-3)25-8-23-12-10(22-4-5-26)6-11(20)24-16(12)25/h6,8-9,13-15,26H,4-5,7H2,1-3H3,(H,21,27)(H,22,24)/t9-,13-,14+,15+,19+/m1/s1. The van der Waals surface area contributed by atoms with Gasteiger partial charge in [0, 0.05) is 25.6 Å². The smallest absolute Gasteiger partial charge is 0.229 e. The van der Waals surface area contributed by atoms with Crippen LogP contribution in [0.15, 0.2) is 12.4 Å². The molecule has 1 saturated heterocycles. The zero-order chi connectivity index (χ0) is 20.6. The van der Waals surface area contributed by atoms with Crippen molar-refractivity contribution in [1.82, 2.24) is 19.9 Å². The van der Waals surface area contributed by atoms with Gasteiger partial charge in [0.1, 0.15) is 22.9 Å². The molecule has 0 spiro atoms. The summed E-state index contributed by atoms with van der Waals surface area (Å²) >= 11 is 6.27. The van der Waals surface area contributed by atoms with Crippen molar-refractivity contribution >= 4 is 34.4 Å². The van der Waals surface area contributed by atoms with Crippen molar-refractivity contribution in [3.8, 4) is 0 Å². The Hall–Kier alpha value is -1.94. The van der Waals surface area contributed by atoms with E-state index in [1.807, 2.05) is 18.4 Å². The first-order chi connectivity index (χ1) is 13.8. The third kappa shape index (κ3) is 2.61. The number of hydrogen-bond acceptors (Lipinski definition) is 7. The molecule has 156 valence electrons. The lowest BCUT2D eigenvalue weighted by molar-refractivity contribution is -0.164. The van der Waals surface area contributed by atoms with Crippen LogP contribution in [0, 0.1) is 11.3 Å². The number of nitrogens with zero attached hydrogens (tertiary/aromatic N) is 3. The SMILES string of the molecule is CNC(=O)[C@@]12C[C@@H]1[C@@H](n1cnc3c(NCCO)cc(Cl)nc31)[C@@H]1OC(C)(C)O[C@@H]12. The van der Waals surface area contributed by atoms with Gasteiger partial charge in [-0.3, -0.25) is 4.79 Å². The monoisotopic (exact) mass is 421 g/mol. The number of nitrogens with one attached hydrogen (secondary N) is 2. The number of fused-ring (bicyclic) bond motifs is 4. The van der Waals surface area contributed by atoms with Gasteiger partial charge in [-0.25, -0.2) is 9.97 Å². The van der Waals surface area contributed by atoms with Crippen LogP contribution in [0.3, 0.4) is 0 Å². The first kappa shape index (κ1) is 19.0. The van der Waals surface area contributed by atoms with Crippen molar-refractivity contribution in [2.45, 2.75) is 44.3 Å². The van der Waals surface area contributed by atoms with Crippen LogP contribution in [0.25, 0.3) is 11.2 Å². The van der Waals surface area contributed by atoms with E-state index in [2.05, 4.69) is 20.6 Å². The number of ether oxygens (including phenoxy) is 2. The average molecular weight is 422 g/mol. The zero-order valence-corrected chi connectivity index (χ0v) is 17.2. The van der Waals surface area contributed by atoms with Gasteiger partial charge in [0.05, 0.1) is 30.1 Å². The predicted octanol–water partition coefficient (Wildman–Crippen LogP) is 1.32. The molecule has 29 heavy (non-hydrogen) atoms. The number of amides is 1. The molecule has 3 N–H and O–H groups in total. The molecule has 0 unspecified atom stereocenters. The van der Waals surface area contributed by atoms with Crippen LogP contribution in [-0.2, 0) is 14.3 Å². The van der Waals surface area contributed by atoms with E-state index >= 15 is 0 Å². The van der Waals surface area contributed by atoms with Crippen molar-refractivity contribution in [2.24, 2.45) is 11.3 Å². The van der Waals surface area contributed by atoms with Crippen LogP contribution in [0.1, 0.15) is 26.3 Å². The molecule has 2 aromatic heterocycles. The van der Waals surface area contributed by atoms with Crippen molar-refractivity contribution in [3.63, 3.8) is 0 Å². The average Bonchev–Trinajstić information content (AvgIpc) is 3.00. The lowest BCUT2D eigenvalue weighted by Crippen LogP contribution is -2.40. The first-order valence-corrected chi connectivity index (χ1v) is 10.2. The number of imidazole rings is 1. The summed E-state index contributed by atoms with van der Waals surface area (Å²) in [6.45, 7) is 4.11. The lowest BCUT2D eigenvalue weighted by atomic mass is 9.98. The minimum Gasteiger partial charge on any atom is -0.395 e. The van der Waals surface area contributed by atoms with Crippen molar-refractivity contribution in [2.75, 3.05) is 25.5 Å². The quantitative estimate of drug-likeness (QED) is 0.624. The summed E-state index contributed by atoms with van der Waals surface area (Å²) in [5.41, 5.74) is 1.40. The maximum atomic E-state index is 12.8. The number of aliphatic hydroxyl groups excluding tert-OH is 1. The number of anilines is 1.